The molecule has 0 radical (unpaired) electrons. The van der Waals surface area contributed by atoms with Gasteiger partial charge in [-0.05, 0) is 32.2 Å². The lowest BCUT2D eigenvalue weighted by atomic mass is 9.99. The van der Waals surface area contributed by atoms with Crippen molar-refractivity contribution in [3.63, 3.8) is 0 Å². The Morgan fingerprint density at radius 3 is 3.00 bits per heavy atom. The lowest BCUT2D eigenvalue weighted by Crippen LogP contribution is -2.14. The van der Waals surface area contributed by atoms with E-state index in [9.17, 15) is 0 Å². The standard InChI is InChI=1S/C13H23N3O/c1-3-5-7-10(4-2)13-15-12(16-17-13)11-8-6-9-14-11/h10-11,14H,3-9H2,1-2H3. The van der Waals surface area contributed by atoms with Crippen LogP contribution in [-0.2, 0) is 0 Å². The third-order valence-corrected chi connectivity index (χ3v) is 3.58. The summed E-state index contributed by atoms with van der Waals surface area (Å²) >= 11 is 0. The largest absolute Gasteiger partial charge is 0.339 e. The van der Waals surface area contributed by atoms with Gasteiger partial charge in [-0.15, -0.1) is 0 Å². The molecule has 1 aliphatic heterocycles. The molecule has 2 unspecified atom stereocenters. The fraction of sp³-hybridized carbons (Fsp3) is 0.846. The van der Waals surface area contributed by atoms with Crippen molar-refractivity contribution in [2.24, 2.45) is 0 Å². The Morgan fingerprint density at radius 1 is 1.47 bits per heavy atom. The molecule has 1 fully saturated rings. The van der Waals surface area contributed by atoms with Crippen molar-refractivity contribution in [1.82, 2.24) is 15.5 Å². The van der Waals surface area contributed by atoms with E-state index in [2.05, 4.69) is 29.3 Å². The van der Waals surface area contributed by atoms with Crippen molar-refractivity contribution in [3.05, 3.63) is 11.7 Å². The first-order valence-electron chi connectivity index (χ1n) is 6.92. The molecule has 0 saturated carbocycles. The highest BCUT2D eigenvalue weighted by atomic mass is 16.5. The number of hydrogen-bond donors (Lipinski definition) is 1. The molecule has 1 saturated heterocycles. The minimum atomic E-state index is 0.316. The maximum absolute atomic E-state index is 5.43. The minimum absolute atomic E-state index is 0.316. The molecule has 0 bridgehead atoms. The second-order valence-electron chi connectivity index (χ2n) is 4.89. The van der Waals surface area contributed by atoms with E-state index in [0.29, 0.717) is 12.0 Å². The van der Waals surface area contributed by atoms with Crippen LogP contribution in [0.25, 0.3) is 0 Å². The zero-order chi connectivity index (χ0) is 12.1. The van der Waals surface area contributed by atoms with Crippen molar-refractivity contribution < 1.29 is 4.52 Å². The Bertz CT molecular complexity index is 331. The summed E-state index contributed by atoms with van der Waals surface area (Å²) in [6.07, 6.45) is 7.04. The van der Waals surface area contributed by atoms with Gasteiger partial charge in [-0.1, -0.05) is 31.8 Å². The van der Waals surface area contributed by atoms with Crippen molar-refractivity contribution in [2.45, 2.75) is 64.3 Å². The molecule has 2 rings (SSSR count). The summed E-state index contributed by atoms with van der Waals surface area (Å²) in [6, 6.07) is 0.316. The summed E-state index contributed by atoms with van der Waals surface area (Å²) < 4.78 is 5.43. The van der Waals surface area contributed by atoms with Crippen molar-refractivity contribution >= 4 is 0 Å². The number of unbranched alkanes of at least 4 members (excludes halogenated alkanes) is 1. The molecule has 0 aromatic carbocycles. The highest BCUT2D eigenvalue weighted by Crippen LogP contribution is 2.26. The lowest BCUT2D eigenvalue weighted by Gasteiger charge is -2.08. The van der Waals surface area contributed by atoms with Gasteiger partial charge in [0.05, 0.1) is 6.04 Å². The summed E-state index contributed by atoms with van der Waals surface area (Å²) in [5.41, 5.74) is 0. The first-order valence-corrected chi connectivity index (χ1v) is 6.92. The van der Waals surface area contributed by atoms with Crippen LogP contribution in [0, 0.1) is 0 Å². The molecule has 0 amide bonds. The molecular weight excluding hydrogens is 214 g/mol. The molecule has 17 heavy (non-hydrogen) atoms. The summed E-state index contributed by atoms with van der Waals surface area (Å²) in [7, 11) is 0. The molecule has 96 valence electrons. The van der Waals surface area contributed by atoms with Crippen molar-refractivity contribution in [2.75, 3.05) is 6.54 Å². The van der Waals surface area contributed by atoms with Crippen LogP contribution >= 0.6 is 0 Å². The Balaban J connectivity index is 1.99. The summed E-state index contributed by atoms with van der Waals surface area (Å²) in [6.45, 7) is 5.48. The molecule has 1 aromatic rings. The Labute approximate surface area is 103 Å². The van der Waals surface area contributed by atoms with Crippen LogP contribution in [0.4, 0.5) is 0 Å². The fourth-order valence-electron chi connectivity index (χ4n) is 2.41. The van der Waals surface area contributed by atoms with E-state index in [1.165, 1.54) is 19.3 Å². The zero-order valence-corrected chi connectivity index (χ0v) is 10.9. The highest BCUT2D eigenvalue weighted by Gasteiger charge is 2.23. The van der Waals surface area contributed by atoms with E-state index in [1.807, 2.05) is 0 Å². The van der Waals surface area contributed by atoms with Gasteiger partial charge in [-0.3, -0.25) is 0 Å². The van der Waals surface area contributed by atoms with Gasteiger partial charge in [-0.25, -0.2) is 0 Å². The molecule has 1 aromatic heterocycles. The Morgan fingerprint density at radius 2 is 2.35 bits per heavy atom. The first-order chi connectivity index (χ1) is 8.35. The number of aromatic nitrogens is 2. The third-order valence-electron chi connectivity index (χ3n) is 3.58. The van der Waals surface area contributed by atoms with Gasteiger partial charge in [0.2, 0.25) is 5.89 Å². The maximum Gasteiger partial charge on any atom is 0.229 e. The highest BCUT2D eigenvalue weighted by molar-refractivity contribution is 4.99. The lowest BCUT2D eigenvalue weighted by molar-refractivity contribution is 0.334. The van der Waals surface area contributed by atoms with E-state index in [4.69, 9.17) is 4.52 Å². The van der Waals surface area contributed by atoms with Crippen LogP contribution in [0.1, 0.15) is 76.0 Å². The molecule has 2 atom stereocenters. The second-order valence-corrected chi connectivity index (χ2v) is 4.89. The molecule has 4 heteroatoms. The van der Waals surface area contributed by atoms with Crippen LogP contribution in [0.2, 0.25) is 0 Å². The monoisotopic (exact) mass is 237 g/mol. The molecule has 0 spiro atoms. The van der Waals surface area contributed by atoms with Gasteiger partial charge in [-0.2, -0.15) is 4.98 Å². The molecule has 2 heterocycles. The summed E-state index contributed by atoms with van der Waals surface area (Å²) in [4.78, 5) is 4.58. The van der Waals surface area contributed by atoms with E-state index in [-0.39, 0.29) is 0 Å². The fourth-order valence-corrected chi connectivity index (χ4v) is 2.41. The third kappa shape index (κ3) is 3.06. The van der Waals surface area contributed by atoms with E-state index in [0.717, 1.165) is 37.5 Å². The average Bonchev–Trinajstić information content (AvgIpc) is 3.00. The Hall–Kier alpha value is -0.900. The number of nitrogens with one attached hydrogen (secondary N) is 1. The van der Waals surface area contributed by atoms with E-state index >= 15 is 0 Å². The number of hydrogen-bond acceptors (Lipinski definition) is 4. The maximum atomic E-state index is 5.43. The predicted octanol–water partition coefficient (Wildman–Crippen LogP) is 3.18. The predicted molar refractivity (Wildman–Crippen MR) is 66.8 cm³/mol. The molecular formula is C13H23N3O. The summed E-state index contributed by atoms with van der Waals surface area (Å²) in [5, 5.41) is 7.53. The molecule has 4 nitrogen and oxygen atoms in total. The first kappa shape index (κ1) is 12.6. The van der Waals surface area contributed by atoms with Gasteiger partial charge in [0.15, 0.2) is 5.82 Å². The topological polar surface area (TPSA) is 51.0 Å². The van der Waals surface area contributed by atoms with Crippen LogP contribution in [0.5, 0.6) is 0 Å². The van der Waals surface area contributed by atoms with Gasteiger partial charge in [0.25, 0.3) is 0 Å². The van der Waals surface area contributed by atoms with Gasteiger partial charge < -0.3 is 9.84 Å². The van der Waals surface area contributed by atoms with Crippen LogP contribution in [0.3, 0.4) is 0 Å². The molecule has 0 aliphatic carbocycles. The quantitative estimate of drug-likeness (QED) is 0.825. The van der Waals surface area contributed by atoms with Crippen LogP contribution < -0.4 is 5.32 Å². The molecule has 1 aliphatic rings. The van der Waals surface area contributed by atoms with E-state index < -0.39 is 0 Å². The molecule has 1 N–H and O–H groups in total. The number of rotatable bonds is 6. The van der Waals surface area contributed by atoms with Crippen molar-refractivity contribution in [3.8, 4) is 0 Å². The number of nitrogens with zero attached hydrogens (tertiary/aromatic N) is 2. The minimum Gasteiger partial charge on any atom is -0.339 e. The average molecular weight is 237 g/mol. The van der Waals surface area contributed by atoms with Gasteiger partial charge in [0.1, 0.15) is 0 Å². The van der Waals surface area contributed by atoms with Gasteiger partial charge in [0, 0.05) is 5.92 Å². The van der Waals surface area contributed by atoms with Crippen molar-refractivity contribution in [1.29, 1.82) is 0 Å². The van der Waals surface area contributed by atoms with Crippen LogP contribution in [0.15, 0.2) is 4.52 Å². The van der Waals surface area contributed by atoms with E-state index in [1.54, 1.807) is 0 Å². The van der Waals surface area contributed by atoms with Gasteiger partial charge >= 0.3 is 0 Å². The summed E-state index contributed by atoms with van der Waals surface area (Å²) in [5.74, 6) is 2.13. The SMILES string of the molecule is CCCCC(CC)c1nc(C2CCCN2)no1. The Kier molecular flexibility index (Phi) is 4.54. The smallest absolute Gasteiger partial charge is 0.229 e. The van der Waals surface area contributed by atoms with Crippen LogP contribution in [-0.4, -0.2) is 16.7 Å². The normalized spacial score (nSPS) is 21.9. The zero-order valence-electron chi connectivity index (χ0n) is 10.9. The second kappa shape index (κ2) is 6.15.